The predicted octanol–water partition coefficient (Wildman–Crippen LogP) is 2.11. The molecule has 3 rings (SSSR count). The SMILES string of the molecule is CCOC(=O)C1CCCN(c2c(/C=C3/SC(=S)N(CC(=O)O)C3=O)c(C)c(C#N)c(=O)n2CC)C1. The average Bonchev–Trinajstić information content (AvgIpc) is 3.08. The standard InChI is InChI=1S/C23H26N4O6S2/c1-4-26-19(25-8-6-7-14(11-25)22(32)33-5-2)15(13(3)16(10-24)20(26)30)9-17-21(31)27(12-18(28)29)23(34)35-17/h9,14H,4-8,11-12H2,1-3H3,(H,28,29)/b17-9+. The van der Waals surface area contributed by atoms with Crippen LogP contribution in [0.2, 0.25) is 0 Å². The zero-order valence-electron chi connectivity index (χ0n) is 19.7. The fourth-order valence-corrected chi connectivity index (χ4v) is 5.54. The maximum Gasteiger partial charge on any atom is 0.323 e. The van der Waals surface area contributed by atoms with E-state index in [2.05, 4.69) is 0 Å². The summed E-state index contributed by atoms with van der Waals surface area (Å²) in [5, 5.41) is 18.8. The predicted molar refractivity (Wildman–Crippen MR) is 135 cm³/mol. The lowest BCUT2D eigenvalue weighted by Gasteiger charge is -2.36. The number of thiocarbonyl (C=S) groups is 1. The molecule has 10 nitrogen and oxygen atoms in total. The Morgan fingerprint density at radius 1 is 1.34 bits per heavy atom. The molecule has 2 fully saturated rings. The maximum absolute atomic E-state index is 13.1. The molecule has 12 heteroatoms. The number of piperidine rings is 1. The highest BCUT2D eigenvalue weighted by Gasteiger charge is 2.35. The Morgan fingerprint density at radius 2 is 2.06 bits per heavy atom. The molecule has 1 amide bonds. The summed E-state index contributed by atoms with van der Waals surface area (Å²) in [6.45, 7) is 6.05. The van der Waals surface area contributed by atoms with E-state index in [1.165, 1.54) is 4.57 Å². The molecule has 1 N–H and O–H groups in total. The molecule has 0 radical (unpaired) electrons. The number of esters is 1. The first-order valence-electron chi connectivity index (χ1n) is 11.2. The number of aliphatic carboxylic acids is 1. The molecule has 0 spiro atoms. The van der Waals surface area contributed by atoms with Gasteiger partial charge in [0.05, 0.1) is 17.4 Å². The summed E-state index contributed by atoms with van der Waals surface area (Å²) in [5.41, 5.74) is 0.403. The number of ether oxygens (including phenoxy) is 1. The second kappa shape index (κ2) is 11.0. The molecule has 1 aromatic rings. The van der Waals surface area contributed by atoms with E-state index in [9.17, 15) is 24.4 Å². The summed E-state index contributed by atoms with van der Waals surface area (Å²) < 4.78 is 6.80. The molecular weight excluding hydrogens is 492 g/mol. The van der Waals surface area contributed by atoms with Crippen molar-refractivity contribution in [3.8, 4) is 6.07 Å². The van der Waals surface area contributed by atoms with Crippen molar-refractivity contribution in [1.29, 1.82) is 5.26 Å². The van der Waals surface area contributed by atoms with Gasteiger partial charge in [-0.15, -0.1) is 0 Å². The van der Waals surface area contributed by atoms with Gasteiger partial charge in [-0.2, -0.15) is 5.26 Å². The number of hydrogen-bond acceptors (Lipinski definition) is 9. The molecule has 186 valence electrons. The Bertz CT molecular complexity index is 1220. The number of thioether (sulfide) groups is 1. The number of nitriles is 1. The number of rotatable bonds is 7. The van der Waals surface area contributed by atoms with E-state index < -0.39 is 24.0 Å². The van der Waals surface area contributed by atoms with Gasteiger partial charge in [-0.05, 0) is 45.3 Å². The molecule has 3 heterocycles. The number of hydrogen-bond donors (Lipinski definition) is 1. The number of carboxylic acid groups (broad SMARTS) is 1. The van der Waals surface area contributed by atoms with E-state index >= 15 is 0 Å². The third kappa shape index (κ3) is 5.26. The van der Waals surface area contributed by atoms with Gasteiger partial charge in [-0.1, -0.05) is 24.0 Å². The minimum Gasteiger partial charge on any atom is -0.480 e. The monoisotopic (exact) mass is 518 g/mol. The topological polar surface area (TPSA) is 133 Å². The lowest BCUT2D eigenvalue weighted by molar-refractivity contribution is -0.148. The zero-order chi connectivity index (χ0) is 25.9. The normalized spacial score (nSPS) is 19.3. The fourth-order valence-electron chi connectivity index (χ4n) is 4.30. The van der Waals surface area contributed by atoms with Crippen LogP contribution < -0.4 is 10.5 Å². The molecule has 35 heavy (non-hydrogen) atoms. The van der Waals surface area contributed by atoms with Gasteiger partial charge in [-0.3, -0.25) is 28.6 Å². The maximum atomic E-state index is 13.1. The van der Waals surface area contributed by atoms with Crippen LogP contribution in [0.4, 0.5) is 5.82 Å². The zero-order valence-corrected chi connectivity index (χ0v) is 21.3. The summed E-state index contributed by atoms with van der Waals surface area (Å²) in [6.07, 6.45) is 2.91. The number of carbonyl (C=O) groups excluding carboxylic acids is 2. The molecule has 0 saturated carbocycles. The van der Waals surface area contributed by atoms with Crippen LogP contribution >= 0.6 is 24.0 Å². The Morgan fingerprint density at radius 3 is 2.66 bits per heavy atom. The molecule has 0 aliphatic carbocycles. The third-order valence-corrected chi connectivity index (χ3v) is 7.32. The van der Waals surface area contributed by atoms with Gasteiger partial charge in [-0.25, -0.2) is 0 Å². The molecule has 1 atom stereocenters. The second-order valence-corrected chi connectivity index (χ2v) is 9.77. The second-order valence-electron chi connectivity index (χ2n) is 8.10. The highest BCUT2D eigenvalue weighted by Crippen LogP contribution is 2.36. The number of carbonyl (C=O) groups is 3. The van der Waals surface area contributed by atoms with E-state index in [0.717, 1.165) is 16.7 Å². The van der Waals surface area contributed by atoms with E-state index in [-0.39, 0.29) is 39.8 Å². The van der Waals surface area contributed by atoms with Crippen LogP contribution in [0.3, 0.4) is 0 Å². The van der Waals surface area contributed by atoms with Crippen molar-refractivity contribution >= 4 is 58.0 Å². The number of anilines is 1. The van der Waals surface area contributed by atoms with Gasteiger partial charge in [0.15, 0.2) is 0 Å². The first-order valence-corrected chi connectivity index (χ1v) is 12.4. The molecule has 1 unspecified atom stereocenters. The third-order valence-electron chi connectivity index (χ3n) is 5.95. The van der Waals surface area contributed by atoms with Crippen molar-refractivity contribution in [2.24, 2.45) is 5.92 Å². The van der Waals surface area contributed by atoms with Gasteiger partial charge < -0.3 is 14.7 Å². The Balaban J connectivity index is 2.17. The van der Waals surface area contributed by atoms with Gasteiger partial charge in [0.1, 0.15) is 28.3 Å². The summed E-state index contributed by atoms with van der Waals surface area (Å²) in [5.74, 6) is -1.91. The van der Waals surface area contributed by atoms with Crippen molar-refractivity contribution in [2.75, 3.05) is 31.1 Å². The largest absolute Gasteiger partial charge is 0.480 e. The van der Waals surface area contributed by atoms with Crippen LogP contribution in [-0.4, -0.2) is 63.0 Å². The van der Waals surface area contributed by atoms with Crippen molar-refractivity contribution < 1.29 is 24.2 Å². The van der Waals surface area contributed by atoms with Gasteiger partial charge >= 0.3 is 11.9 Å². The van der Waals surface area contributed by atoms with E-state index in [1.54, 1.807) is 26.8 Å². The van der Waals surface area contributed by atoms with Crippen molar-refractivity contribution in [2.45, 2.75) is 40.2 Å². The van der Waals surface area contributed by atoms with Crippen LogP contribution in [0, 0.1) is 24.2 Å². The molecular formula is C23H26N4O6S2. The molecule has 1 aromatic heterocycles. The van der Waals surface area contributed by atoms with Gasteiger partial charge in [0.25, 0.3) is 11.5 Å². The number of carboxylic acids is 1. The average molecular weight is 519 g/mol. The molecule has 0 bridgehead atoms. The number of nitrogens with zero attached hydrogens (tertiary/aromatic N) is 4. The van der Waals surface area contributed by atoms with Gasteiger partial charge in [0.2, 0.25) is 0 Å². The van der Waals surface area contributed by atoms with Crippen LogP contribution in [0.1, 0.15) is 43.4 Å². The lowest BCUT2D eigenvalue weighted by Crippen LogP contribution is -2.43. The minimum atomic E-state index is -1.19. The summed E-state index contributed by atoms with van der Waals surface area (Å²) in [4.78, 5) is 52.8. The quantitative estimate of drug-likeness (QED) is 0.325. The summed E-state index contributed by atoms with van der Waals surface area (Å²) in [6, 6.07) is 1.97. The van der Waals surface area contributed by atoms with Crippen molar-refractivity contribution in [1.82, 2.24) is 9.47 Å². The van der Waals surface area contributed by atoms with E-state index in [4.69, 9.17) is 22.1 Å². The first kappa shape index (κ1) is 26.4. The highest BCUT2D eigenvalue weighted by molar-refractivity contribution is 8.26. The van der Waals surface area contributed by atoms with E-state index in [1.807, 2.05) is 11.0 Å². The first-order chi connectivity index (χ1) is 16.6. The van der Waals surface area contributed by atoms with Crippen LogP contribution in [0.25, 0.3) is 6.08 Å². The summed E-state index contributed by atoms with van der Waals surface area (Å²) in [7, 11) is 0. The Labute approximate surface area is 212 Å². The van der Waals surface area contributed by atoms with Crippen molar-refractivity contribution in [3.63, 3.8) is 0 Å². The van der Waals surface area contributed by atoms with Crippen LogP contribution in [0.15, 0.2) is 9.70 Å². The fraction of sp³-hybridized carbons (Fsp3) is 0.478. The number of pyridine rings is 1. The number of amides is 1. The molecule has 2 aliphatic heterocycles. The Hall–Kier alpha value is -3.17. The lowest BCUT2D eigenvalue weighted by atomic mass is 9.96. The molecule has 2 saturated heterocycles. The molecule has 2 aliphatic rings. The molecule has 0 aromatic carbocycles. The van der Waals surface area contributed by atoms with Crippen LogP contribution in [-0.2, 0) is 25.7 Å². The van der Waals surface area contributed by atoms with Gasteiger partial charge in [0, 0.05) is 25.2 Å². The smallest absolute Gasteiger partial charge is 0.323 e. The van der Waals surface area contributed by atoms with Crippen LogP contribution in [0.5, 0.6) is 0 Å². The van der Waals surface area contributed by atoms with E-state index in [0.29, 0.717) is 42.9 Å². The highest BCUT2D eigenvalue weighted by atomic mass is 32.2. The summed E-state index contributed by atoms with van der Waals surface area (Å²) >= 11 is 6.17. The van der Waals surface area contributed by atoms with Crippen molar-refractivity contribution in [3.05, 3.63) is 31.9 Å². The minimum absolute atomic E-state index is 0.0400. The number of aromatic nitrogens is 1. The Kier molecular flexibility index (Phi) is 8.34.